The number of nitrogens with zero attached hydrogens (tertiary/aromatic N) is 1. The van der Waals surface area contributed by atoms with Crippen LogP contribution in [-0.4, -0.2) is 31.3 Å². The Morgan fingerprint density at radius 2 is 1.89 bits per heavy atom. The van der Waals surface area contributed by atoms with E-state index in [2.05, 4.69) is 35.2 Å². The highest BCUT2D eigenvalue weighted by atomic mass is 16.7. The molecule has 0 unspecified atom stereocenters. The minimum atomic E-state index is 0.389. The first-order valence-corrected chi connectivity index (χ1v) is 7.10. The maximum absolute atomic E-state index is 5.38. The molecule has 0 radical (unpaired) electrons. The van der Waals surface area contributed by atoms with Gasteiger partial charge in [-0.15, -0.1) is 0 Å². The number of ether oxygens (including phenoxy) is 2. The number of hydrogen-bond acceptors (Lipinski definition) is 3. The predicted octanol–water partition coefficient (Wildman–Crippen LogP) is 2.79. The molecule has 1 aromatic carbocycles. The lowest BCUT2D eigenvalue weighted by atomic mass is 9.90. The Morgan fingerprint density at radius 3 is 2.58 bits per heavy atom. The second kappa shape index (κ2) is 6.11. The largest absolute Gasteiger partial charge is 0.462 e. The highest BCUT2D eigenvalue weighted by Gasteiger charge is 2.21. The Morgan fingerprint density at radius 1 is 1.11 bits per heavy atom. The van der Waals surface area contributed by atoms with Gasteiger partial charge < -0.3 is 9.47 Å². The van der Waals surface area contributed by atoms with E-state index in [1.54, 1.807) is 6.26 Å². The van der Waals surface area contributed by atoms with E-state index in [0.717, 1.165) is 31.3 Å². The summed E-state index contributed by atoms with van der Waals surface area (Å²) in [7, 11) is 0. The van der Waals surface area contributed by atoms with Gasteiger partial charge in [-0.25, -0.2) is 0 Å². The third-order valence-electron chi connectivity index (χ3n) is 3.98. The average Bonchev–Trinajstić information content (AvgIpc) is 2.95. The van der Waals surface area contributed by atoms with Gasteiger partial charge in [0.1, 0.15) is 12.0 Å². The molecule has 3 nitrogen and oxygen atoms in total. The summed E-state index contributed by atoms with van der Waals surface area (Å²) in [5.41, 5.74) is 1.47. The van der Waals surface area contributed by atoms with Crippen LogP contribution in [0.1, 0.15) is 18.4 Å². The molecule has 19 heavy (non-hydrogen) atoms. The highest BCUT2D eigenvalue weighted by Crippen LogP contribution is 2.22. The SMILES string of the molecule is C1=C(CN2CCC(Cc3ccccc3)CC2)OCO1. The highest BCUT2D eigenvalue weighted by molar-refractivity contribution is 5.15. The maximum Gasteiger partial charge on any atom is 0.229 e. The van der Waals surface area contributed by atoms with Gasteiger partial charge in [0.2, 0.25) is 6.79 Å². The van der Waals surface area contributed by atoms with Gasteiger partial charge >= 0.3 is 0 Å². The first-order valence-electron chi connectivity index (χ1n) is 7.10. The second-order valence-electron chi connectivity index (χ2n) is 5.42. The Kier molecular flexibility index (Phi) is 4.04. The fourth-order valence-corrected chi connectivity index (χ4v) is 2.87. The zero-order valence-corrected chi connectivity index (χ0v) is 11.3. The minimum Gasteiger partial charge on any atom is -0.462 e. The zero-order valence-electron chi connectivity index (χ0n) is 11.3. The zero-order chi connectivity index (χ0) is 12.9. The summed E-state index contributed by atoms with van der Waals surface area (Å²) in [6.07, 6.45) is 5.53. The lowest BCUT2D eigenvalue weighted by Crippen LogP contribution is -2.35. The van der Waals surface area contributed by atoms with Crippen molar-refractivity contribution in [1.82, 2.24) is 4.90 Å². The first-order chi connectivity index (χ1) is 9.40. The van der Waals surface area contributed by atoms with E-state index < -0.39 is 0 Å². The predicted molar refractivity (Wildman–Crippen MR) is 74.4 cm³/mol. The molecule has 3 heteroatoms. The van der Waals surface area contributed by atoms with Gasteiger partial charge in [0.15, 0.2) is 0 Å². The van der Waals surface area contributed by atoms with E-state index in [1.165, 1.54) is 24.8 Å². The van der Waals surface area contributed by atoms with Crippen molar-refractivity contribution in [3.63, 3.8) is 0 Å². The standard InChI is InChI=1S/C16H21NO2/c1-2-4-14(5-3-1)10-15-6-8-17(9-7-15)11-16-12-18-13-19-16/h1-5,12,15H,6-11,13H2. The molecule has 2 heterocycles. The van der Waals surface area contributed by atoms with Crippen LogP contribution in [0.2, 0.25) is 0 Å². The molecule has 0 bridgehead atoms. The molecule has 1 fully saturated rings. The molecule has 0 amide bonds. The fourth-order valence-electron chi connectivity index (χ4n) is 2.87. The fraction of sp³-hybridized carbons (Fsp3) is 0.500. The summed E-state index contributed by atoms with van der Waals surface area (Å²) in [6, 6.07) is 10.8. The molecule has 2 aliphatic rings. The third-order valence-corrected chi connectivity index (χ3v) is 3.98. The molecule has 0 saturated carbocycles. The molecular formula is C16H21NO2. The van der Waals surface area contributed by atoms with Crippen LogP contribution < -0.4 is 0 Å². The third kappa shape index (κ3) is 3.51. The van der Waals surface area contributed by atoms with Crippen molar-refractivity contribution < 1.29 is 9.47 Å². The minimum absolute atomic E-state index is 0.389. The van der Waals surface area contributed by atoms with Gasteiger partial charge in [0, 0.05) is 0 Å². The smallest absolute Gasteiger partial charge is 0.229 e. The van der Waals surface area contributed by atoms with E-state index in [4.69, 9.17) is 9.47 Å². The van der Waals surface area contributed by atoms with Crippen molar-refractivity contribution >= 4 is 0 Å². The Hall–Kier alpha value is -1.48. The first kappa shape index (κ1) is 12.5. The van der Waals surface area contributed by atoms with Crippen LogP contribution in [0, 0.1) is 5.92 Å². The second-order valence-corrected chi connectivity index (χ2v) is 5.42. The van der Waals surface area contributed by atoms with E-state index in [-0.39, 0.29) is 0 Å². The normalized spacial score (nSPS) is 20.7. The lowest BCUT2D eigenvalue weighted by Gasteiger charge is -2.31. The summed E-state index contributed by atoms with van der Waals surface area (Å²) < 4.78 is 10.5. The van der Waals surface area contributed by atoms with Gasteiger partial charge in [0.05, 0.1) is 6.54 Å². The number of likely N-dealkylation sites (tertiary alicyclic amines) is 1. The molecule has 0 aromatic heterocycles. The van der Waals surface area contributed by atoms with E-state index in [1.807, 2.05) is 0 Å². The van der Waals surface area contributed by atoms with Crippen molar-refractivity contribution in [2.24, 2.45) is 5.92 Å². The molecule has 0 atom stereocenters. The molecule has 2 aliphatic heterocycles. The number of rotatable bonds is 4. The Balaban J connectivity index is 1.44. The molecule has 1 saturated heterocycles. The van der Waals surface area contributed by atoms with Gasteiger partial charge in [-0.2, -0.15) is 0 Å². The molecule has 3 rings (SSSR count). The Labute approximate surface area is 114 Å². The topological polar surface area (TPSA) is 21.7 Å². The van der Waals surface area contributed by atoms with Crippen LogP contribution in [0.3, 0.4) is 0 Å². The van der Waals surface area contributed by atoms with Crippen molar-refractivity contribution in [3.8, 4) is 0 Å². The number of benzene rings is 1. The van der Waals surface area contributed by atoms with Crippen LogP contribution >= 0.6 is 0 Å². The van der Waals surface area contributed by atoms with Gasteiger partial charge in [-0.1, -0.05) is 30.3 Å². The summed E-state index contributed by atoms with van der Waals surface area (Å²) in [6.45, 7) is 3.62. The van der Waals surface area contributed by atoms with Crippen molar-refractivity contribution in [3.05, 3.63) is 47.9 Å². The van der Waals surface area contributed by atoms with E-state index in [0.29, 0.717) is 6.79 Å². The van der Waals surface area contributed by atoms with Crippen molar-refractivity contribution in [2.45, 2.75) is 19.3 Å². The summed E-state index contributed by atoms with van der Waals surface area (Å²) in [4.78, 5) is 2.46. The number of hydrogen-bond donors (Lipinski definition) is 0. The molecule has 102 valence electrons. The van der Waals surface area contributed by atoms with Gasteiger partial charge in [-0.05, 0) is 43.8 Å². The van der Waals surface area contributed by atoms with Crippen LogP contribution in [0.4, 0.5) is 0 Å². The van der Waals surface area contributed by atoms with Crippen molar-refractivity contribution in [1.29, 1.82) is 0 Å². The Bertz CT molecular complexity index is 422. The molecular weight excluding hydrogens is 238 g/mol. The monoisotopic (exact) mass is 259 g/mol. The van der Waals surface area contributed by atoms with E-state index in [9.17, 15) is 0 Å². The van der Waals surface area contributed by atoms with Gasteiger partial charge in [-0.3, -0.25) is 4.90 Å². The van der Waals surface area contributed by atoms with Crippen molar-refractivity contribution in [2.75, 3.05) is 26.4 Å². The molecule has 0 spiro atoms. The van der Waals surface area contributed by atoms with Crippen LogP contribution in [-0.2, 0) is 15.9 Å². The summed E-state index contributed by atoms with van der Waals surface area (Å²) in [5.74, 6) is 1.80. The van der Waals surface area contributed by atoms with Crippen LogP contribution in [0.5, 0.6) is 0 Å². The molecule has 0 aliphatic carbocycles. The maximum atomic E-state index is 5.38. The van der Waals surface area contributed by atoms with Crippen LogP contribution in [0.15, 0.2) is 42.4 Å². The summed E-state index contributed by atoms with van der Waals surface area (Å²) >= 11 is 0. The molecule has 1 aromatic rings. The number of piperidine rings is 1. The summed E-state index contributed by atoms with van der Waals surface area (Å²) in [5, 5.41) is 0. The van der Waals surface area contributed by atoms with Crippen LogP contribution in [0.25, 0.3) is 0 Å². The molecule has 0 N–H and O–H groups in total. The van der Waals surface area contributed by atoms with E-state index >= 15 is 0 Å². The average molecular weight is 259 g/mol. The lowest BCUT2D eigenvalue weighted by molar-refractivity contribution is 0.0692. The van der Waals surface area contributed by atoms with Gasteiger partial charge in [0.25, 0.3) is 0 Å². The quantitative estimate of drug-likeness (QED) is 0.830.